The van der Waals surface area contributed by atoms with Gasteiger partial charge in [0.2, 0.25) is 0 Å². The number of hydrogen-bond donors (Lipinski definition) is 0. The van der Waals surface area contributed by atoms with E-state index in [-0.39, 0.29) is 0 Å². The summed E-state index contributed by atoms with van der Waals surface area (Å²) < 4.78 is 3.20. The first-order valence-electron chi connectivity index (χ1n) is 4.38. The summed E-state index contributed by atoms with van der Waals surface area (Å²) in [6.07, 6.45) is 0. The summed E-state index contributed by atoms with van der Waals surface area (Å²) in [5.41, 5.74) is 2.38. The van der Waals surface area contributed by atoms with Gasteiger partial charge in [0.15, 0.2) is 0 Å². The molecule has 3 heteroatoms. The van der Waals surface area contributed by atoms with Crippen molar-refractivity contribution in [1.82, 2.24) is 0 Å². The molecular weight excluding hydrogens is 384 g/mol. The molecule has 2 aromatic carbocycles. The van der Waals surface area contributed by atoms with Crippen molar-refractivity contribution >= 4 is 47.8 Å². The monoisotopic (exact) mass is 388 g/mol. The standard InChI is InChI=1S/C12H7Br3/c13-9-6-10(12(15)11(14)7-9)8-4-2-1-3-5-8/h1-7H. The van der Waals surface area contributed by atoms with Gasteiger partial charge in [0.1, 0.15) is 0 Å². The SMILES string of the molecule is Brc1cc(Br)c(Br)c(-c2ccccc2)c1. The van der Waals surface area contributed by atoms with E-state index in [1.165, 1.54) is 11.1 Å². The number of benzene rings is 2. The Morgan fingerprint density at radius 3 is 2.13 bits per heavy atom. The lowest BCUT2D eigenvalue weighted by Gasteiger charge is -2.07. The minimum Gasteiger partial charge on any atom is -0.0622 e. The van der Waals surface area contributed by atoms with Crippen molar-refractivity contribution in [2.75, 3.05) is 0 Å². The first kappa shape index (κ1) is 11.4. The molecule has 0 spiro atoms. The third-order valence-electron chi connectivity index (χ3n) is 2.08. The van der Waals surface area contributed by atoms with Crippen LogP contribution in [0.1, 0.15) is 0 Å². The van der Waals surface area contributed by atoms with Crippen molar-refractivity contribution in [3.05, 3.63) is 55.9 Å². The fourth-order valence-electron chi connectivity index (χ4n) is 1.38. The first-order valence-corrected chi connectivity index (χ1v) is 6.76. The van der Waals surface area contributed by atoms with E-state index in [2.05, 4.69) is 66.0 Å². The second-order valence-electron chi connectivity index (χ2n) is 3.12. The van der Waals surface area contributed by atoms with E-state index >= 15 is 0 Å². The molecule has 2 aromatic rings. The highest BCUT2D eigenvalue weighted by atomic mass is 79.9. The molecule has 0 aromatic heterocycles. The lowest BCUT2D eigenvalue weighted by atomic mass is 10.1. The van der Waals surface area contributed by atoms with Crippen LogP contribution in [0.5, 0.6) is 0 Å². The van der Waals surface area contributed by atoms with E-state index in [1.807, 2.05) is 24.3 Å². The molecule has 0 nitrogen and oxygen atoms in total. The summed E-state index contributed by atoms with van der Waals surface area (Å²) >= 11 is 10.6. The Labute approximate surface area is 114 Å². The fourth-order valence-corrected chi connectivity index (χ4v) is 3.07. The summed E-state index contributed by atoms with van der Waals surface area (Å²) in [7, 11) is 0. The number of halogens is 3. The van der Waals surface area contributed by atoms with Crippen LogP contribution in [0.4, 0.5) is 0 Å². The second-order valence-corrected chi connectivity index (χ2v) is 5.68. The Balaban J connectivity index is 2.63. The zero-order chi connectivity index (χ0) is 10.8. The summed E-state index contributed by atoms with van der Waals surface area (Å²) in [4.78, 5) is 0. The van der Waals surface area contributed by atoms with Crippen molar-refractivity contribution in [1.29, 1.82) is 0 Å². The van der Waals surface area contributed by atoms with Gasteiger partial charge in [-0.2, -0.15) is 0 Å². The normalized spacial score (nSPS) is 10.3. The molecule has 0 amide bonds. The van der Waals surface area contributed by atoms with Gasteiger partial charge in [0.25, 0.3) is 0 Å². The van der Waals surface area contributed by atoms with Crippen LogP contribution in [0.3, 0.4) is 0 Å². The van der Waals surface area contributed by atoms with E-state index in [9.17, 15) is 0 Å². The van der Waals surface area contributed by atoms with Crippen LogP contribution in [0.2, 0.25) is 0 Å². The van der Waals surface area contributed by atoms with Crippen LogP contribution in [-0.4, -0.2) is 0 Å². The highest BCUT2D eigenvalue weighted by Gasteiger charge is 2.07. The molecule has 15 heavy (non-hydrogen) atoms. The Hall–Kier alpha value is -0.120. The zero-order valence-corrected chi connectivity index (χ0v) is 12.4. The predicted molar refractivity (Wildman–Crippen MR) is 75.0 cm³/mol. The second kappa shape index (κ2) is 4.81. The van der Waals surface area contributed by atoms with Crippen LogP contribution in [0, 0.1) is 0 Å². The lowest BCUT2D eigenvalue weighted by Crippen LogP contribution is -1.81. The highest BCUT2D eigenvalue weighted by molar-refractivity contribution is 9.13. The van der Waals surface area contributed by atoms with Gasteiger partial charge >= 0.3 is 0 Å². The molecule has 0 bridgehead atoms. The summed E-state index contributed by atoms with van der Waals surface area (Å²) in [6, 6.07) is 14.4. The molecule has 76 valence electrons. The number of rotatable bonds is 1. The third kappa shape index (κ3) is 2.52. The number of hydrogen-bond acceptors (Lipinski definition) is 0. The third-order valence-corrected chi connectivity index (χ3v) is 4.55. The van der Waals surface area contributed by atoms with Crippen LogP contribution >= 0.6 is 47.8 Å². The quantitative estimate of drug-likeness (QED) is 0.552. The van der Waals surface area contributed by atoms with Crippen LogP contribution in [0.25, 0.3) is 11.1 Å². The largest absolute Gasteiger partial charge is 0.0622 e. The first-order chi connectivity index (χ1) is 7.18. The Kier molecular flexibility index (Phi) is 3.65. The Morgan fingerprint density at radius 1 is 0.800 bits per heavy atom. The van der Waals surface area contributed by atoms with Crippen molar-refractivity contribution < 1.29 is 0 Å². The van der Waals surface area contributed by atoms with E-state index in [0.29, 0.717) is 0 Å². The fraction of sp³-hybridized carbons (Fsp3) is 0. The van der Waals surface area contributed by atoms with Gasteiger partial charge in [-0.05, 0) is 55.1 Å². The van der Waals surface area contributed by atoms with Gasteiger partial charge in [-0.25, -0.2) is 0 Å². The van der Waals surface area contributed by atoms with Gasteiger partial charge in [-0.3, -0.25) is 0 Å². The van der Waals surface area contributed by atoms with Crippen LogP contribution < -0.4 is 0 Å². The summed E-state index contributed by atoms with van der Waals surface area (Å²) in [5.74, 6) is 0. The van der Waals surface area contributed by atoms with Crippen LogP contribution in [-0.2, 0) is 0 Å². The van der Waals surface area contributed by atoms with Crippen molar-refractivity contribution in [3.63, 3.8) is 0 Å². The smallest absolute Gasteiger partial charge is 0.0396 e. The maximum atomic E-state index is 3.58. The van der Waals surface area contributed by atoms with Gasteiger partial charge in [0, 0.05) is 13.4 Å². The molecule has 0 aliphatic rings. The molecule has 0 aliphatic carbocycles. The van der Waals surface area contributed by atoms with Crippen molar-refractivity contribution in [2.24, 2.45) is 0 Å². The van der Waals surface area contributed by atoms with E-state index in [1.54, 1.807) is 0 Å². The van der Waals surface area contributed by atoms with Gasteiger partial charge in [0.05, 0.1) is 0 Å². The molecule has 0 unspecified atom stereocenters. The maximum absolute atomic E-state index is 3.58. The van der Waals surface area contributed by atoms with Crippen LogP contribution in [0.15, 0.2) is 55.9 Å². The topological polar surface area (TPSA) is 0 Å². The minimum atomic E-state index is 1.05. The maximum Gasteiger partial charge on any atom is 0.0396 e. The van der Waals surface area contributed by atoms with Crippen molar-refractivity contribution in [2.45, 2.75) is 0 Å². The molecule has 0 N–H and O–H groups in total. The molecule has 0 atom stereocenters. The molecular formula is C12H7Br3. The molecule has 0 fully saturated rings. The molecule has 0 saturated carbocycles. The summed E-state index contributed by atoms with van der Waals surface area (Å²) in [5, 5.41) is 0. The minimum absolute atomic E-state index is 1.05. The predicted octanol–water partition coefficient (Wildman–Crippen LogP) is 5.64. The Morgan fingerprint density at radius 2 is 1.47 bits per heavy atom. The van der Waals surface area contributed by atoms with Gasteiger partial charge in [-0.15, -0.1) is 0 Å². The Bertz CT molecular complexity index is 478. The lowest BCUT2D eigenvalue weighted by molar-refractivity contribution is 1.52. The average molecular weight is 391 g/mol. The van der Waals surface area contributed by atoms with E-state index in [0.717, 1.165) is 13.4 Å². The molecule has 0 heterocycles. The highest BCUT2D eigenvalue weighted by Crippen LogP contribution is 2.36. The molecule has 0 saturated heterocycles. The molecule has 0 radical (unpaired) electrons. The van der Waals surface area contributed by atoms with Crippen molar-refractivity contribution in [3.8, 4) is 11.1 Å². The van der Waals surface area contributed by atoms with Gasteiger partial charge in [-0.1, -0.05) is 46.3 Å². The average Bonchev–Trinajstić information content (AvgIpc) is 2.24. The van der Waals surface area contributed by atoms with Gasteiger partial charge < -0.3 is 0 Å². The van der Waals surface area contributed by atoms with E-state index < -0.39 is 0 Å². The zero-order valence-electron chi connectivity index (χ0n) is 7.68. The molecule has 2 rings (SSSR count). The van der Waals surface area contributed by atoms with E-state index in [4.69, 9.17) is 0 Å². The summed E-state index contributed by atoms with van der Waals surface area (Å²) in [6.45, 7) is 0. The molecule has 0 aliphatic heterocycles.